The van der Waals surface area contributed by atoms with Crippen LogP contribution in [0.25, 0.3) is 11.4 Å². The number of para-hydroxylation sites is 1. The molecule has 0 radical (unpaired) electrons. The maximum atomic E-state index is 13.5. The average Bonchev–Trinajstić information content (AvgIpc) is 3.25. The van der Waals surface area contributed by atoms with E-state index in [0.29, 0.717) is 5.16 Å². The molecule has 0 saturated carbocycles. The summed E-state index contributed by atoms with van der Waals surface area (Å²) in [6.45, 7) is 4.01. The van der Waals surface area contributed by atoms with Crippen LogP contribution in [0.5, 0.6) is 0 Å². The van der Waals surface area contributed by atoms with Crippen LogP contribution < -0.4 is 10.7 Å². The Labute approximate surface area is 191 Å². The summed E-state index contributed by atoms with van der Waals surface area (Å²) in [5.74, 6) is 0.659. The Morgan fingerprint density at radius 1 is 0.906 bits per heavy atom. The monoisotopic (exact) mass is 441 g/mol. The van der Waals surface area contributed by atoms with Gasteiger partial charge in [-0.1, -0.05) is 90.6 Å². The molecule has 2 atom stereocenters. The van der Waals surface area contributed by atoms with E-state index in [0.717, 1.165) is 33.8 Å². The Morgan fingerprint density at radius 2 is 1.56 bits per heavy atom. The number of hydrogen-bond donors (Lipinski definition) is 2. The molecule has 6 nitrogen and oxygen atoms in total. The molecule has 0 aliphatic carbocycles. The van der Waals surface area contributed by atoms with Gasteiger partial charge in [0.05, 0.1) is 6.04 Å². The van der Waals surface area contributed by atoms with Gasteiger partial charge in [0.25, 0.3) is 0 Å². The van der Waals surface area contributed by atoms with E-state index < -0.39 is 5.25 Å². The minimum atomic E-state index is -0.420. The van der Waals surface area contributed by atoms with Crippen molar-refractivity contribution in [3.8, 4) is 11.4 Å². The molecule has 5 rings (SSSR count). The van der Waals surface area contributed by atoms with Crippen molar-refractivity contribution < 1.29 is 4.79 Å². The molecule has 2 N–H and O–H groups in total. The van der Waals surface area contributed by atoms with Crippen molar-refractivity contribution in [2.45, 2.75) is 30.3 Å². The van der Waals surface area contributed by atoms with Gasteiger partial charge in [-0.3, -0.25) is 4.79 Å². The molecule has 1 aliphatic heterocycles. The number of aromatic nitrogens is 3. The van der Waals surface area contributed by atoms with Gasteiger partial charge in [0.15, 0.2) is 5.82 Å². The fraction of sp³-hybridized carbons (Fsp3) is 0.160. The van der Waals surface area contributed by atoms with Gasteiger partial charge < -0.3 is 10.7 Å². The molecule has 7 heteroatoms. The predicted molar refractivity (Wildman–Crippen MR) is 128 cm³/mol. The molecule has 1 aromatic heterocycles. The van der Waals surface area contributed by atoms with Crippen LogP contribution in [0.2, 0.25) is 0 Å². The maximum Gasteiger partial charge on any atom is 0.240 e. The number of carbonyl (C=O) groups excluding carboxylic acids is 1. The number of benzene rings is 3. The van der Waals surface area contributed by atoms with E-state index in [9.17, 15) is 4.79 Å². The van der Waals surface area contributed by atoms with Gasteiger partial charge >= 0.3 is 0 Å². The fourth-order valence-corrected chi connectivity index (χ4v) is 5.03. The molecule has 0 spiro atoms. The van der Waals surface area contributed by atoms with Crippen LogP contribution in [0.15, 0.2) is 84.0 Å². The second-order valence-corrected chi connectivity index (χ2v) is 8.93. The van der Waals surface area contributed by atoms with E-state index in [2.05, 4.69) is 20.9 Å². The third-order valence-corrected chi connectivity index (χ3v) is 6.83. The highest BCUT2D eigenvalue weighted by Gasteiger charge is 2.38. The molecule has 3 aromatic carbocycles. The number of nitrogens with one attached hydrogen (secondary N) is 2. The van der Waals surface area contributed by atoms with E-state index in [-0.39, 0.29) is 11.9 Å². The maximum absolute atomic E-state index is 13.5. The van der Waals surface area contributed by atoms with Crippen molar-refractivity contribution in [1.82, 2.24) is 14.9 Å². The van der Waals surface area contributed by atoms with Crippen LogP contribution in [0.1, 0.15) is 22.7 Å². The Bertz CT molecular complexity index is 1240. The van der Waals surface area contributed by atoms with Crippen LogP contribution in [-0.4, -0.2) is 26.0 Å². The quantitative estimate of drug-likeness (QED) is 0.468. The first kappa shape index (κ1) is 20.3. The third kappa shape index (κ3) is 3.76. The summed E-state index contributed by atoms with van der Waals surface area (Å²) in [5.41, 5.74) is 8.45. The van der Waals surface area contributed by atoms with Gasteiger partial charge in [-0.05, 0) is 30.5 Å². The van der Waals surface area contributed by atoms with Crippen LogP contribution in [0.4, 0.5) is 5.69 Å². The van der Waals surface area contributed by atoms with Gasteiger partial charge in [-0.2, -0.15) is 0 Å². The second kappa shape index (κ2) is 8.51. The number of nitrogens with zero attached hydrogens (tertiary/aromatic N) is 3. The normalized spacial score (nSPS) is 17.3. The number of fused-ring (bicyclic) bond motifs is 1. The number of rotatable bonds is 4. The van der Waals surface area contributed by atoms with Gasteiger partial charge in [0.2, 0.25) is 11.1 Å². The topological polar surface area (TPSA) is 71.8 Å². The van der Waals surface area contributed by atoms with Crippen molar-refractivity contribution in [1.29, 1.82) is 0 Å². The minimum Gasteiger partial charge on any atom is -0.325 e. The molecule has 4 aromatic rings. The lowest BCUT2D eigenvalue weighted by atomic mass is 10.0. The van der Waals surface area contributed by atoms with E-state index in [4.69, 9.17) is 0 Å². The molecule has 0 unspecified atom stereocenters. The van der Waals surface area contributed by atoms with Crippen LogP contribution in [0.3, 0.4) is 0 Å². The molecular weight excluding hydrogens is 418 g/mol. The average molecular weight is 442 g/mol. The lowest BCUT2D eigenvalue weighted by molar-refractivity contribution is -0.116. The molecule has 0 saturated heterocycles. The molecular formula is C25H23N5OS. The molecule has 1 aliphatic rings. The highest BCUT2D eigenvalue weighted by molar-refractivity contribution is 8.00. The van der Waals surface area contributed by atoms with E-state index in [1.165, 1.54) is 11.8 Å². The molecule has 1 amide bonds. The number of amides is 1. The zero-order chi connectivity index (χ0) is 22.1. The summed E-state index contributed by atoms with van der Waals surface area (Å²) >= 11 is 1.43. The van der Waals surface area contributed by atoms with Crippen LogP contribution in [-0.2, 0) is 4.79 Å². The SMILES string of the molecule is Cc1cccc(C)c1NC(=O)[C@@H]1Sc2nnc(-c3ccccc3)n2N[C@@H]1c1ccccc1. The third-order valence-electron chi connectivity index (χ3n) is 5.62. The Morgan fingerprint density at radius 3 is 2.25 bits per heavy atom. The van der Waals surface area contributed by atoms with Gasteiger partial charge in [0.1, 0.15) is 5.25 Å². The first-order valence-corrected chi connectivity index (χ1v) is 11.4. The summed E-state index contributed by atoms with van der Waals surface area (Å²) in [6.07, 6.45) is 0. The summed E-state index contributed by atoms with van der Waals surface area (Å²) in [4.78, 5) is 13.5. The first-order valence-electron chi connectivity index (χ1n) is 10.5. The largest absolute Gasteiger partial charge is 0.325 e. The summed E-state index contributed by atoms with van der Waals surface area (Å²) < 4.78 is 1.89. The summed E-state index contributed by atoms with van der Waals surface area (Å²) in [7, 11) is 0. The minimum absolute atomic E-state index is 0.0655. The molecule has 32 heavy (non-hydrogen) atoms. The Balaban J connectivity index is 1.52. The zero-order valence-electron chi connectivity index (χ0n) is 17.8. The van der Waals surface area contributed by atoms with Crippen molar-refractivity contribution in [2.24, 2.45) is 0 Å². The number of aryl methyl sites for hydroxylation is 2. The van der Waals surface area contributed by atoms with Crippen molar-refractivity contribution in [2.75, 3.05) is 10.7 Å². The Kier molecular flexibility index (Phi) is 5.41. The van der Waals surface area contributed by atoms with E-state index in [1.54, 1.807) is 0 Å². The first-order chi connectivity index (χ1) is 15.6. The fourth-order valence-electron chi connectivity index (χ4n) is 3.95. The number of hydrogen-bond acceptors (Lipinski definition) is 5. The standard InChI is InChI=1S/C25H23N5OS/c1-16-10-9-11-17(2)20(16)26-24(31)22-21(18-12-5-3-6-13-18)29-30-23(27-28-25(30)32-22)19-14-7-4-8-15-19/h3-15,21-22,29H,1-2H3,(H,26,31)/t21-,22-/m1/s1. The van der Waals surface area contributed by atoms with E-state index in [1.807, 2.05) is 97.4 Å². The zero-order valence-corrected chi connectivity index (χ0v) is 18.6. The molecule has 0 fully saturated rings. The summed E-state index contributed by atoms with van der Waals surface area (Å²) in [5, 5.41) is 12.2. The Hall–Kier alpha value is -3.58. The van der Waals surface area contributed by atoms with Gasteiger partial charge in [-0.15, -0.1) is 10.2 Å². The van der Waals surface area contributed by atoms with Crippen molar-refractivity contribution >= 4 is 23.4 Å². The molecule has 2 heterocycles. The number of thioether (sulfide) groups is 1. The highest BCUT2D eigenvalue weighted by atomic mass is 32.2. The molecule has 0 bridgehead atoms. The van der Waals surface area contributed by atoms with Crippen LogP contribution >= 0.6 is 11.8 Å². The summed E-state index contributed by atoms with van der Waals surface area (Å²) in [6, 6.07) is 25.7. The number of carbonyl (C=O) groups is 1. The smallest absolute Gasteiger partial charge is 0.240 e. The van der Waals surface area contributed by atoms with Gasteiger partial charge in [-0.25, -0.2) is 4.68 Å². The van der Waals surface area contributed by atoms with E-state index >= 15 is 0 Å². The molecule has 160 valence electrons. The van der Waals surface area contributed by atoms with Crippen molar-refractivity contribution in [3.63, 3.8) is 0 Å². The second-order valence-electron chi connectivity index (χ2n) is 7.82. The lowest BCUT2D eigenvalue weighted by Crippen LogP contribution is -2.41. The van der Waals surface area contributed by atoms with Crippen molar-refractivity contribution in [3.05, 3.63) is 95.6 Å². The van der Waals surface area contributed by atoms with Crippen LogP contribution in [0, 0.1) is 13.8 Å². The lowest BCUT2D eigenvalue weighted by Gasteiger charge is -2.33. The highest BCUT2D eigenvalue weighted by Crippen LogP contribution is 2.39. The number of anilines is 1. The predicted octanol–water partition coefficient (Wildman–Crippen LogP) is 4.96. The van der Waals surface area contributed by atoms with Gasteiger partial charge in [0, 0.05) is 11.3 Å².